The normalized spacial score (nSPS) is 16.5. The molecule has 4 heteroatoms. The molecule has 1 aliphatic rings. The molecule has 0 saturated carbocycles. The fraction of sp³-hybridized carbons (Fsp3) is 0.250. The smallest absolute Gasteiger partial charge is 0.330 e. The number of esters is 1. The van der Waals surface area contributed by atoms with E-state index in [4.69, 9.17) is 4.74 Å². The molecule has 0 saturated heterocycles. The minimum absolute atomic E-state index is 0.331. The number of hydrogen-bond donors (Lipinski definition) is 0. The third kappa shape index (κ3) is 2.11. The van der Waals surface area contributed by atoms with Crippen LogP contribution < -0.4 is 4.74 Å². The number of para-hydroxylation sites is 1. The van der Waals surface area contributed by atoms with Gasteiger partial charge in [0.1, 0.15) is 5.75 Å². The molecule has 84 valence electrons. The molecule has 0 atom stereocenters. The third-order valence-electron chi connectivity index (χ3n) is 2.42. The fourth-order valence-corrected chi connectivity index (χ4v) is 2.14. The summed E-state index contributed by atoms with van der Waals surface area (Å²) in [7, 11) is 1.38. The molecule has 1 aromatic rings. The van der Waals surface area contributed by atoms with E-state index >= 15 is 0 Å². The maximum absolute atomic E-state index is 11.2. The molecule has 0 radical (unpaired) electrons. The molecule has 0 N–H and O–H groups in total. The quantitative estimate of drug-likeness (QED) is 0.587. The molecule has 1 heterocycles. The number of hydrogen-bond acceptors (Lipinski definition) is 3. The first kappa shape index (κ1) is 11.2. The molecule has 1 aliphatic heterocycles. The average molecular weight is 283 g/mol. The van der Waals surface area contributed by atoms with Crippen molar-refractivity contribution in [3.05, 3.63) is 34.3 Å². The fourth-order valence-electron chi connectivity index (χ4n) is 1.66. The standard InChI is InChI=1S/C12H11BrO3/c1-15-11(14)7-8-5-6-16-12-9(8)3-2-4-10(12)13/h2-4,7H,5-6H2,1H3/b8-7+. The summed E-state index contributed by atoms with van der Waals surface area (Å²) in [5.41, 5.74) is 1.90. The van der Waals surface area contributed by atoms with Gasteiger partial charge in [0.25, 0.3) is 0 Å². The van der Waals surface area contributed by atoms with Crippen molar-refractivity contribution in [2.24, 2.45) is 0 Å². The first-order valence-electron chi connectivity index (χ1n) is 4.92. The van der Waals surface area contributed by atoms with Gasteiger partial charge < -0.3 is 9.47 Å². The zero-order valence-electron chi connectivity index (χ0n) is 8.83. The minimum Gasteiger partial charge on any atom is -0.491 e. The van der Waals surface area contributed by atoms with Gasteiger partial charge in [0.2, 0.25) is 0 Å². The summed E-state index contributed by atoms with van der Waals surface area (Å²) < 4.78 is 11.1. The zero-order valence-corrected chi connectivity index (χ0v) is 10.4. The maximum atomic E-state index is 11.2. The van der Waals surface area contributed by atoms with E-state index in [1.54, 1.807) is 0 Å². The Kier molecular flexibility index (Phi) is 3.29. The lowest BCUT2D eigenvalue weighted by atomic mass is 9.99. The van der Waals surface area contributed by atoms with Crippen LogP contribution in [0.2, 0.25) is 0 Å². The van der Waals surface area contributed by atoms with Crippen molar-refractivity contribution in [2.45, 2.75) is 6.42 Å². The van der Waals surface area contributed by atoms with Crippen molar-refractivity contribution < 1.29 is 14.3 Å². The second-order valence-corrected chi connectivity index (χ2v) is 4.26. The first-order chi connectivity index (χ1) is 7.72. The van der Waals surface area contributed by atoms with Crippen molar-refractivity contribution in [3.63, 3.8) is 0 Å². The van der Waals surface area contributed by atoms with Gasteiger partial charge in [0.05, 0.1) is 18.2 Å². The second kappa shape index (κ2) is 4.70. The van der Waals surface area contributed by atoms with E-state index in [1.165, 1.54) is 13.2 Å². The van der Waals surface area contributed by atoms with Crippen molar-refractivity contribution >= 4 is 27.5 Å². The van der Waals surface area contributed by atoms with E-state index < -0.39 is 0 Å². The second-order valence-electron chi connectivity index (χ2n) is 3.41. The van der Waals surface area contributed by atoms with Crippen LogP contribution in [-0.2, 0) is 9.53 Å². The molecule has 0 amide bonds. The number of methoxy groups -OCH3 is 1. The van der Waals surface area contributed by atoms with Gasteiger partial charge in [-0.2, -0.15) is 0 Å². The van der Waals surface area contributed by atoms with E-state index in [1.807, 2.05) is 18.2 Å². The summed E-state index contributed by atoms with van der Waals surface area (Å²) >= 11 is 3.42. The Balaban J connectivity index is 2.44. The predicted molar refractivity (Wildman–Crippen MR) is 64.2 cm³/mol. The number of benzene rings is 1. The van der Waals surface area contributed by atoms with Gasteiger partial charge in [-0.15, -0.1) is 0 Å². The monoisotopic (exact) mass is 282 g/mol. The Morgan fingerprint density at radius 1 is 1.56 bits per heavy atom. The molecule has 0 fully saturated rings. The third-order valence-corrected chi connectivity index (χ3v) is 3.05. The van der Waals surface area contributed by atoms with Crippen LogP contribution in [0.25, 0.3) is 5.57 Å². The lowest BCUT2D eigenvalue weighted by Crippen LogP contribution is -2.09. The summed E-state index contributed by atoms with van der Waals surface area (Å²) in [4.78, 5) is 11.2. The van der Waals surface area contributed by atoms with E-state index in [0.717, 1.165) is 27.8 Å². The molecule has 0 bridgehead atoms. The van der Waals surface area contributed by atoms with E-state index in [0.29, 0.717) is 6.61 Å². The zero-order chi connectivity index (χ0) is 11.5. The van der Waals surface area contributed by atoms with Gasteiger partial charge in [-0.1, -0.05) is 12.1 Å². The summed E-state index contributed by atoms with van der Waals surface area (Å²) in [6.45, 7) is 0.582. The van der Waals surface area contributed by atoms with Gasteiger partial charge in [0.15, 0.2) is 0 Å². The molecule has 1 aromatic carbocycles. The summed E-state index contributed by atoms with van der Waals surface area (Å²) in [5, 5.41) is 0. The van der Waals surface area contributed by atoms with E-state index in [9.17, 15) is 4.79 Å². The van der Waals surface area contributed by atoms with Gasteiger partial charge in [0, 0.05) is 18.1 Å². The lowest BCUT2D eigenvalue weighted by molar-refractivity contribution is -0.134. The van der Waals surface area contributed by atoms with Gasteiger partial charge in [-0.05, 0) is 27.6 Å². The first-order valence-corrected chi connectivity index (χ1v) is 5.72. The van der Waals surface area contributed by atoms with Crippen LogP contribution >= 0.6 is 15.9 Å². The van der Waals surface area contributed by atoms with Crippen molar-refractivity contribution in [3.8, 4) is 5.75 Å². The number of rotatable bonds is 1. The number of carbonyl (C=O) groups is 1. The van der Waals surface area contributed by atoms with Crippen LogP contribution in [0.4, 0.5) is 0 Å². The molecule has 0 unspecified atom stereocenters. The number of fused-ring (bicyclic) bond motifs is 1. The Labute approximate surface area is 102 Å². The topological polar surface area (TPSA) is 35.5 Å². The molecular weight excluding hydrogens is 272 g/mol. The molecule has 3 nitrogen and oxygen atoms in total. The molecule has 0 aromatic heterocycles. The number of carbonyl (C=O) groups excluding carboxylic acids is 1. The predicted octanol–water partition coefficient (Wildman–Crippen LogP) is 2.79. The number of halogens is 1. The van der Waals surface area contributed by atoms with Gasteiger partial charge in [-0.25, -0.2) is 4.79 Å². The summed E-state index contributed by atoms with van der Waals surface area (Å²) in [6, 6.07) is 5.77. The highest BCUT2D eigenvalue weighted by molar-refractivity contribution is 9.10. The Morgan fingerprint density at radius 2 is 2.38 bits per heavy atom. The Hall–Kier alpha value is -1.29. The van der Waals surface area contributed by atoms with Crippen LogP contribution in [0.15, 0.2) is 28.7 Å². The molecule has 0 aliphatic carbocycles. The van der Waals surface area contributed by atoms with Crippen LogP contribution in [0.1, 0.15) is 12.0 Å². The summed E-state index contributed by atoms with van der Waals surface area (Å²) in [5.74, 6) is 0.465. The van der Waals surface area contributed by atoms with E-state index in [2.05, 4.69) is 20.7 Å². The minimum atomic E-state index is -0.331. The van der Waals surface area contributed by atoms with Crippen LogP contribution in [0, 0.1) is 0 Å². The highest BCUT2D eigenvalue weighted by Gasteiger charge is 2.18. The molecular formula is C12H11BrO3. The van der Waals surface area contributed by atoms with Crippen molar-refractivity contribution in [2.75, 3.05) is 13.7 Å². The van der Waals surface area contributed by atoms with E-state index in [-0.39, 0.29) is 5.97 Å². The Bertz CT molecular complexity index is 452. The summed E-state index contributed by atoms with van der Waals surface area (Å²) in [6.07, 6.45) is 2.24. The SMILES string of the molecule is COC(=O)/C=C1\CCOc2c(Br)cccc21. The number of ether oxygens (including phenoxy) is 2. The molecule has 16 heavy (non-hydrogen) atoms. The van der Waals surface area contributed by atoms with Crippen molar-refractivity contribution in [1.29, 1.82) is 0 Å². The van der Waals surface area contributed by atoms with Crippen LogP contribution in [0.3, 0.4) is 0 Å². The molecule has 2 rings (SSSR count). The van der Waals surface area contributed by atoms with Gasteiger partial charge in [-0.3, -0.25) is 0 Å². The van der Waals surface area contributed by atoms with Crippen LogP contribution in [-0.4, -0.2) is 19.7 Å². The molecule has 0 spiro atoms. The Morgan fingerprint density at radius 3 is 3.12 bits per heavy atom. The van der Waals surface area contributed by atoms with Crippen LogP contribution in [0.5, 0.6) is 5.75 Å². The highest BCUT2D eigenvalue weighted by atomic mass is 79.9. The lowest BCUT2D eigenvalue weighted by Gasteiger charge is -2.20. The highest BCUT2D eigenvalue weighted by Crippen LogP contribution is 2.38. The largest absolute Gasteiger partial charge is 0.491 e. The maximum Gasteiger partial charge on any atom is 0.330 e. The van der Waals surface area contributed by atoms with Gasteiger partial charge >= 0.3 is 5.97 Å². The van der Waals surface area contributed by atoms with Crippen molar-refractivity contribution in [1.82, 2.24) is 0 Å². The average Bonchev–Trinajstić information content (AvgIpc) is 2.30.